The van der Waals surface area contributed by atoms with Gasteiger partial charge in [0.1, 0.15) is 17.2 Å². The summed E-state index contributed by atoms with van der Waals surface area (Å²) in [6.07, 6.45) is 0.264. The third kappa shape index (κ3) is 6.92. The van der Waals surface area contributed by atoms with Gasteiger partial charge in [-0.1, -0.05) is 54.6 Å². The zero-order chi connectivity index (χ0) is 26.4. The van der Waals surface area contributed by atoms with Crippen LogP contribution in [0, 0.1) is 0 Å². The molecule has 0 heterocycles. The lowest BCUT2D eigenvalue weighted by Crippen LogP contribution is -2.20. The van der Waals surface area contributed by atoms with Gasteiger partial charge < -0.3 is 25.0 Å². The lowest BCUT2D eigenvalue weighted by atomic mass is 10.0. The quantitative estimate of drug-likeness (QED) is 0.254. The van der Waals surface area contributed by atoms with Crippen LogP contribution in [-0.4, -0.2) is 27.8 Å². The van der Waals surface area contributed by atoms with Gasteiger partial charge in [-0.05, 0) is 64.7 Å². The lowest BCUT2D eigenvalue weighted by molar-refractivity contribution is -0.119. The van der Waals surface area contributed by atoms with Crippen LogP contribution < -0.4 is 15.2 Å². The van der Waals surface area contributed by atoms with Crippen LogP contribution in [0.25, 0.3) is 11.1 Å². The number of nitrogens with two attached hydrogens (primary N) is 1. The molecule has 0 fully saturated rings. The molecule has 0 aliphatic carbocycles. The highest BCUT2D eigenvalue weighted by atomic mass is 31.2. The Balaban J connectivity index is 1.53. The van der Waals surface area contributed by atoms with Crippen LogP contribution in [0.15, 0.2) is 97.1 Å². The van der Waals surface area contributed by atoms with E-state index in [-0.39, 0.29) is 24.3 Å². The van der Waals surface area contributed by atoms with Crippen LogP contribution in [0.2, 0.25) is 0 Å². The molecule has 4 aromatic carbocycles. The third-order valence-corrected chi connectivity index (χ3v) is 6.22. The molecule has 0 saturated carbocycles. The molecule has 0 saturated heterocycles. The van der Waals surface area contributed by atoms with E-state index < -0.39 is 19.0 Å². The minimum atomic E-state index is -4.96. The van der Waals surface area contributed by atoms with Gasteiger partial charge in [0.25, 0.3) is 11.4 Å². The number of ether oxygens (including phenoxy) is 2. The Labute approximate surface area is 213 Å². The summed E-state index contributed by atoms with van der Waals surface area (Å²) in [6, 6.07) is 28.9. The summed E-state index contributed by atoms with van der Waals surface area (Å²) in [5.74, 6) is 0.891. The Bertz CT molecular complexity index is 1460. The van der Waals surface area contributed by atoms with E-state index >= 15 is 0 Å². The van der Waals surface area contributed by atoms with E-state index in [1.807, 2.05) is 66.7 Å². The van der Waals surface area contributed by atoms with Crippen LogP contribution in [0.5, 0.6) is 17.2 Å². The number of primary amides is 1. The Hall–Kier alpha value is -4.23. The molecule has 8 nitrogen and oxygen atoms in total. The number of carbonyl (C=O) groups excluding carboxylic acids is 2. The molecular weight excluding hydrogens is 493 g/mol. The molecule has 188 valence electrons. The molecule has 4 N–H and O–H groups in total. The van der Waals surface area contributed by atoms with Crippen LogP contribution in [-0.2, 0) is 15.8 Å². The molecule has 0 unspecified atom stereocenters. The topological polar surface area (TPSA) is 136 Å². The van der Waals surface area contributed by atoms with Crippen molar-refractivity contribution in [2.75, 3.05) is 6.61 Å². The second kappa shape index (κ2) is 11.2. The summed E-state index contributed by atoms with van der Waals surface area (Å²) >= 11 is 0. The first-order chi connectivity index (χ1) is 17.7. The van der Waals surface area contributed by atoms with Gasteiger partial charge in [0.15, 0.2) is 6.61 Å². The van der Waals surface area contributed by atoms with E-state index in [0.29, 0.717) is 17.1 Å². The van der Waals surface area contributed by atoms with Gasteiger partial charge >= 0.3 is 7.60 Å². The van der Waals surface area contributed by atoms with Gasteiger partial charge in [-0.25, -0.2) is 0 Å². The molecule has 0 aromatic heterocycles. The van der Waals surface area contributed by atoms with Crippen LogP contribution >= 0.6 is 7.60 Å². The van der Waals surface area contributed by atoms with Crippen molar-refractivity contribution in [1.29, 1.82) is 0 Å². The third-order valence-electron chi connectivity index (χ3n) is 5.44. The standard InChI is InChI=1S/C28H24NO7P/c29-27(30)18-35-26-14-11-22(28(31)37(32,33)34)16-23(26)15-19-9-12-24(13-10-19)36-25-8-4-7-21(17-25)20-5-2-1-3-6-20/h1-14,16-17H,15,18H2,(H2,29,30)(H2,32,33,34). The summed E-state index contributed by atoms with van der Waals surface area (Å²) in [5, 5.41) is 0. The molecule has 0 aliphatic rings. The number of amides is 1. The molecule has 0 bridgehead atoms. The number of hydrogen-bond acceptors (Lipinski definition) is 5. The van der Waals surface area contributed by atoms with Crippen molar-refractivity contribution in [3.63, 3.8) is 0 Å². The van der Waals surface area contributed by atoms with Crippen LogP contribution in [0.4, 0.5) is 0 Å². The van der Waals surface area contributed by atoms with E-state index in [9.17, 15) is 23.9 Å². The van der Waals surface area contributed by atoms with Gasteiger partial charge in [-0.2, -0.15) is 0 Å². The van der Waals surface area contributed by atoms with Crippen molar-refractivity contribution >= 4 is 19.0 Å². The molecule has 37 heavy (non-hydrogen) atoms. The molecule has 0 spiro atoms. The zero-order valence-corrected chi connectivity index (χ0v) is 20.5. The maximum absolute atomic E-state index is 12.1. The molecule has 4 aromatic rings. The maximum atomic E-state index is 12.1. The fourth-order valence-corrected chi connectivity index (χ4v) is 4.19. The first-order valence-electron chi connectivity index (χ1n) is 11.3. The summed E-state index contributed by atoms with van der Waals surface area (Å²) in [4.78, 5) is 41.8. The molecule has 9 heteroatoms. The number of benzene rings is 4. The lowest BCUT2D eigenvalue weighted by Gasteiger charge is -2.13. The Kier molecular flexibility index (Phi) is 7.84. The van der Waals surface area contributed by atoms with Gasteiger partial charge in [0.2, 0.25) is 0 Å². The van der Waals surface area contributed by atoms with Gasteiger partial charge in [-0.15, -0.1) is 0 Å². The Morgan fingerprint density at radius 1 is 0.784 bits per heavy atom. The van der Waals surface area contributed by atoms with Crippen molar-refractivity contribution in [3.8, 4) is 28.4 Å². The summed E-state index contributed by atoms with van der Waals surface area (Å²) in [5.41, 5.74) is 7.10. The summed E-state index contributed by atoms with van der Waals surface area (Å²) in [6.45, 7) is -0.381. The molecule has 0 atom stereocenters. The first-order valence-corrected chi connectivity index (χ1v) is 12.9. The molecule has 4 rings (SSSR count). The highest BCUT2D eigenvalue weighted by molar-refractivity contribution is 7.70. The van der Waals surface area contributed by atoms with E-state index in [4.69, 9.17) is 15.2 Å². The predicted molar refractivity (Wildman–Crippen MR) is 139 cm³/mol. The largest absolute Gasteiger partial charge is 0.483 e. The normalized spacial score (nSPS) is 11.1. The van der Waals surface area contributed by atoms with Crippen molar-refractivity contribution in [1.82, 2.24) is 0 Å². The molecule has 1 amide bonds. The van der Waals surface area contributed by atoms with E-state index in [2.05, 4.69) is 0 Å². The fraction of sp³-hybridized carbons (Fsp3) is 0.0714. The van der Waals surface area contributed by atoms with Crippen molar-refractivity contribution in [3.05, 3.63) is 114 Å². The highest BCUT2D eigenvalue weighted by Gasteiger charge is 2.28. The zero-order valence-electron chi connectivity index (χ0n) is 19.6. The first kappa shape index (κ1) is 25.9. The van der Waals surface area contributed by atoms with Crippen molar-refractivity contribution in [2.45, 2.75) is 6.42 Å². The minimum absolute atomic E-state index is 0.159. The SMILES string of the molecule is NC(=O)COc1ccc(C(=O)P(=O)(O)O)cc1Cc1ccc(Oc2cccc(-c3ccccc3)c2)cc1. The number of hydrogen-bond donors (Lipinski definition) is 3. The maximum Gasteiger partial charge on any atom is 0.396 e. The van der Waals surface area contributed by atoms with Crippen molar-refractivity contribution < 1.29 is 33.4 Å². The Morgan fingerprint density at radius 3 is 2.16 bits per heavy atom. The number of carbonyl (C=O) groups is 2. The predicted octanol–water partition coefficient (Wildman–Crippen LogP) is 4.92. The average Bonchev–Trinajstić information content (AvgIpc) is 2.88. The number of rotatable bonds is 10. The molecule has 0 radical (unpaired) electrons. The van der Waals surface area contributed by atoms with Gasteiger partial charge in [-0.3, -0.25) is 14.2 Å². The molecule has 0 aliphatic heterocycles. The van der Waals surface area contributed by atoms with Crippen LogP contribution in [0.3, 0.4) is 0 Å². The second-order valence-electron chi connectivity index (χ2n) is 8.24. The van der Waals surface area contributed by atoms with Crippen LogP contribution in [0.1, 0.15) is 21.5 Å². The fourth-order valence-electron chi connectivity index (χ4n) is 3.71. The van der Waals surface area contributed by atoms with E-state index in [1.165, 1.54) is 18.2 Å². The van der Waals surface area contributed by atoms with Crippen molar-refractivity contribution in [2.24, 2.45) is 5.73 Å². The van der Waals surface area contributed by atoms with E-state index in [1.54, 1.807) is 12.1 Å². The summed E-state index contributed by atoms with van der Waals surface area (Å²) in [7, 11) is -4.96. The van der Waals surface area contributed by atoms with Gasteiger partial charge in [0, 0.05) is 12.0 Å². The highest BCUT2D eigenvalue weighted by Crippen LogP contribution is 2.40. The smallest absolute Gasteiger partial charge is 0.396 e. The monoisotopic (exact) mass is 517 g/mol. The van der Waals surface area contributed by atoms with Gasteiger partial charge in [0.05, 0.1) is 0 Å². The Morgan fingerprint density at radius 2 is 1.49 bits per heavy atom. The second-order valence-corrected chi connectivity index (χ2v) is 9.74. The minimum Gasteiger partial charge on any atom is -0.483 e. The average molecular weight is 517 g/mol. The summed E-state index contributed by atoms with van der Waals surface area (Å²) < 4.78 is 22.9. The van der Waals surface area contributed by atoms with E-state index in [0.717, 1.165) is 16.7 Å². The molecular formula is C28H24NO7P.